The van der Waals surface area contributed by atoms with E-state index in [1.54, 1.807) is 7.05 Å². The van der Waals surface area contributed by atoms with Crippen LogP contribution in [0.3, 0.4) is 0 Å². The Bertz CT molecular complexity index is 521. The molecule has 1 aromatic rings. The van der Waals surface area contributed by atoms with Crippen LogP contribution in [-0.4, -0.2) is 32.0 Å². The zero-order valence-electron chi connectivity index (χ0n) is 11.3. The summed E-state index contributed by atoms with van der Waals surface area (Å²) >= 11 is 0. The smallest absolute Gasteiger partial charge is 0.243 e. The van der Waals surface area contributed by atoms with Crippen LogP contribution in [0.4, 0.5) is 5.95 Å². The number of nitrogens with one attached hydrogen (secondary N) is 2. The molecule has 2 rings (SSSR count). The molecule has 0 aromatic carbocycles. The average Bonchev–Trinajstić information content (AvgIpc) is 2.84. The first-order chi connectivity index (χ1) is 8.95. The Morgan fingerprint density at radius 2 is 1.84 bits per heavy atom. The van der Waals surface area contributed by atoms with Crippen LogP contribution < -0.4 is 10.0 Å². The molecule has 1 fully saturated rings. The van der Waals surface area contributed by atoms with Gasteiger partial charge in [-0.1, -0.05) is 19.8 Å². The van der Waals surface area contributed by atoms with Crippen LogP contribution in [0.2, 0.25) is 0 Å². The van der Waals surface area contributed by atoms with E-state index in [4.69, 9.17) is 0 Å². The minimum atomic E-state index is -3.51. The van der Waals surface area contributed by atoms with Crippen LogP contribution in [0.25, 0.3) is 0 Å². The molecular formula is C12H20N4O2S. The maximum Gasteiger partial charge on any atom is 0.243 e. The second-order valence-corrected chi connectivity index (χ2v) is 7.10. The Kier molecular flexibility index (Phi) is 4.05. The third kappa shape index (κ3) is 3.42. The van der Waals surface area contributed by atoms with Crippen molar-refractivity contribution in [3.8, 4) is 0 Å². The summed E-state index contributed by atoms with van der Waals surface area (Å²) in [7, 11) is -1.83. The highest BCUT2D eigenvalue weighted by atomic mass is 32.2. The number of sulfonamides is 1. The summed E-state index contributed by atoms with van der Waals surface area (Å²) in [5, 5.41) is 2.75. The normalized spacial score (nSPS) is 18.4. The van der Waals surface area contributed by atoms with Gasteiger partial charge in [0.25, 0.3) is 0 Å². The molecule has 106 valence electrons. The molecule has 0 saturated heterocycles. The standard InChI is InChI=1S/C12H20N4O2S/c1-12(5-3-4-6-12)9-16-19(17,18)10-7-14-11(13-2)15-8-10/h7-8,16H,3-6,9H2,1-2H3,(H,13,14,15). The van der Waals surface area contributed by atoms with Gasteiger partial charge in [0.2, 0.25) is 16.0 Å². The summed E-state index contributed by atoms with van der Waals surface area (Å²) in [6.45, 7) is 2.60. The lowest BCUT2D eigenvalue weighted by Crippen LogP contribution is -2.34. The van der Waals surface area contributed by atoms with Crippen molar-refractivity contribution in [3.63, 3.8) is 0 Å². The van der Waals surface area contributed by atoms with Crippen molar-refractivity contribution in [2.75, 3.05) is 18.9 Å². The van der Waals surface area contributed by atoms with Crippen molar-refractivity contribution in [3.05, 3.63) is 12.4 Å². The average molecular weight is 284 g/mol. The summed E-state index contributed by atoms with van der Waals surface area (Å²) in [5.41, 5.74) is 0.0822. The number of hydrogen-bond donors (Lipinski definition) is 2. The van der Waals surface area contributed by atoms with Gasteiger partial charge in [0.1, 0.15) is 4.90 Å². The molecule has 0 aliphatic heterocycles. The van der Waals surface area contributed by atoms with Gasteiger partial charge in [0, 0.05) is 13.6 Å². The Morgan fingerprint density at radius 1 is 1.26 bits per heavy atom. The van der Waals surface area contributed by atoms with Gasteiger partial charge in [-0.25, -0.2) is 23.1 Å². The Hall–Kier alpha value is -1.21. The van der Waals surface area contributed by atoms with E-state index in [2.05, 4.69) is 26.9 Å². The summed E-state index contributed by atoms with van der Waals surface area (Å²) in [6.07, 6.45) is 7.14. The maximum absolute atomic E-state index is 12.1. The van der Waals surface area contributed by atoms with Crippen molar-refractivity contribution < 1.29 is 8.42 Å². The predicted molar refractivity (Wildman–Crippen MR) is 73.3 cm³/mol. The highest BCUT2D eigenvalue weighted by molar-refractivity contribution is 7.89. The first-order valence-corrected chi connectivity index (χ1v) is 7.93. The molecule has 1 aliphatic rings. The van der Waals surface area contributed by atoms with E-state index in [-0.39, 0.29) is 10.3 Å². The van der Waals surface area contributed by atoms with Gasteiger partial charge in [-0.15, -0.1) is 0 Å². The minimum Gasteiger partial charge on any atom is -0.357 e. The van der Waals surface area contributed by atoms with Crippen LogP contribution in [0.5, 0.6) is 0 Å². The summed E-state index contributed by atoms with van der Waals surface area (Å²) in [5.74, 6) is 0.404. The van der Waals surface area contributed by atoms with Crippen LogP contribution in [0.15, 0.2) is 17.3 Å². The van der Waals surface area contributed by atoms with Crippen molar-refractivity contribution in [1.29, 1.82) is 0 Å². The van der Waals surface area contributed by atoms with E-state index in [9.17, 15) is 8.42 Å². The molecule has 0 radical (unpaired) electrons. The molecular weight excluding hydrogens is 264 g/mol. The van der Waals surface area contributed by atoms with Crippen LogP contribution in [-0.2, 0) is 10.0 Å². The molecule has 1 aromatic heterocycles. The van der Waals surface area contributed by atoms with E-state index in [0.29, 0.717) is 12.5 Å². The van der Waals surface area contributed by atoms with Crippen LogP contribution in [0, 0.1) is 5.41 Å². The van der Waals surface area contributed by atoms with Gasteiger partial charge in [0.05, 0.1) is 12.4 Å². The van der Waals surface area contributed by atoms with E-state index in [1.165, 1.54) is 25.2 Å². The fraction of sp³-hybridized carbons (Fsp3) is 0.667. The van der Waals surface area contributed by atoms with Gasteiger partial charge in [-0.3, -0.25) is 0 Å². The van der Waals surface area contributed by atoms with Crippen molar-refractivity contribution in [2.45, 2.75) is 37.5 Å². The van der Waals surface area contributed by atoms with Gasteiger partial charge >= 0.3 is 0 Å². The second kappa shape index (κ2) is 5.42. The second-order valence-electron chi connectivity index (χ2n) is 5.33. The largest absolute Gasteiger partial charge is 0.357 e. The summed E-state index contributed by atoms with van der Waals surface area (Å²) in [6, 6.07) is 0. The topological polar surface area (TPSA) is 84.0 Å². The lowest BCUT2D eigenvalue weighted by atomic mass is 9.89. The molecule has 0 spiro atoms. The van der Waals surface area contributed by atoms with Gasteiger partial charge < -0.3 is 5.32 Å². The zero-order chi connectivity index (χ0) is 13.9. The highest BCUT2D eigenvalue weighted by Gasteiger charge is 2.30. The van der Waals surface area contributed by atoms with Crippen molar-refractivity contribution in [2.24, 2.45) is 5.41 Å². The molecule has 1 aliphatic carbocycles. The van der Waals surface area contributed by atoms with Crippen molar-refractivity contribution >= 4 is 16.0 Å². The minimum absolute atomic E-state index is 0.0822. The quantitative estimate of drug-likeness (QED) is 0.853. The number of anilines is 1. The van der Waals surface area contributed by atoms with Gasteiger partial charge in [-0.2, -0.15) is 0 Å². The van der Waals surface area contributed by atoms with E-state index < -0.39 is 10.0 Å². The molecule has 7 heteroatoms. The maximum atomic E-state index is 12.1. The Morgan fingerprint density at radius 3 is 2.37 bits per heavy atom. The van der Waals surface area contributed by atoms with Gasteiger partial charge in [0.15, 0.2) is 0 Å². The third-order valence-corrected chi connectivity index (χ3v) is 5.02. The fourth-order valence-electron chi connectivity index (χ4n) is 2.34. The molecule has 2 N–H and O–H groups in total. The summed E-state index contributed by atoms with van der Waals surface area (Å²) < 4.78 is 26.9. The molecule has 19 heavy (non-hydrogen) atoms. The summed E-state index contributed by atoms with van der Waals surface area (Å²) in [4.78, 5) is 7.94. The van der Waals surface area contributed by atoms with Crippen molar-refractivity contribution in [1.82, 2.24) is 14.7 Å². The molecule has 6 nitrogen and oxygen atoms in total. The SMILES string of the molecule is CNc1ncc(S(=O)(=O)NCC2(C)CCCC2)cn1. The third-order valence-electron chi connectivity index (χ3n) is 3.66. The molecule has 1 saturated carbocycles. The van der Waals surface area contributed by atoms with Crippen LogP contribution >= 0.6 is 0 Å². The first kappa shape index (κ1) is 14.2. The molecule has 0 amide bonds. The Balaban J connectivity index is 2.05. The number of rotatable bonds is 5. The number of aromatic nitrogens is 2. The predicted octanol–water partition coefficient (Wildman–Crippen LogP) is 1.38. The molecule has 1 heterocycles. The number of nitrogens with zero attached hydrogens (tertiary/aromatic N) is 2. The molecule has 0 unspecified atom stereocenters. The van der Waals surface area contributed by atoms with Gasteiger partial charge in [-0.05, 0) is 18.3 Å². The monoisotopic (exact) mass is 284 g/mol. The van der Waals surface area contributed by atoms with E-state index >= 15 is 0 Å². The Labute approximate surface area is 114 Å². The molecule has 0 atom stereocenters. The van der Waals surface area contributed by atoms with E-state index in [1.807, 2.05) is 0 Å². The highest BCUT2D eigenvalue weighted by Crippen LogP contribution is 2.36. The van der Waals surface area contributed by atoms with E-state index in [0.717, 1.165) is 12.8 Å². The number of hydrogen-bond acceptors (Lipinski definition) is 5. The first-order valence-electron chi connectivity index (χ1n) is 6.45. The molecule has 0 bridgehead atoms. The van der Waals surface area contributed by atoms with Crippen LogP contribution in [0.1, 0.15) is 32.6 Å². The zero-order valence-corrected chi connectivity index (χ0v) is 12.1. The lowest BCUT2D eigenvalue weighted by Gasteiger charge is -2.23. The lowest BCUT2D eigenvalue weighted by molar-refractivity contribution is 0.336. The fourth-order valence-corrected chi connectivity index (χ4v) is 3.43.